The third-order valence-corrected chi connectivity index (χ3v) is 1.71. The molecule has 0 saturated carbocycles. The fourth-order valence-corrected chi connectivity index (χ4v) is 1.01. The third-order valence-electron chi connectivity index (χ3n) is 0.373. The molecule has 0 aliphatic heterocycles. The summed E-state index contributed by atoms with van der Waals surface area (Å²) in [6.45, 7) is 0. The minimum atomic E-state index is -4.45. The lowest BCUT2D eigenvalue weighted by molar-refractivity contribution is 0.189. The van der Waals surface area contributed by atoms with E-state index in [1.165, 1.54) is 0 Å². The van der Waals surface area contributed by atoms with E-state index in [1.54, 1.807) is 0 Å². The smallest absolute Gasteiger partial charge is 0.303 e. The molecule has 2 N–H and O–H groups in total. The lowest BCUT2D eigenvalue weighted by Gasteiger charge is -2.06. The Labute approximate surface area is 86.3 Å². The van der Waals surface area contributed by atoms with E-state index in [9.17, 15) is 4.57 Å². The molecule has 0 aromatic heterocycles. The number of hydrogen-bond acceptors (Lipinski definition) is 2. The van der Waals surface area contributed by atoms with Crippen LogP contribution >= 0.6 is 55.8 Å². The highest BCUT2D eigenvalue weighted by Crippen LogP contribution is 2.38. The Bertz CT molecular complexity index is 125. The van der Waals surface area contributed by atoms with Crippen LogP contribution in [-0.2, 0) is 9.09 Å². The molecule has 1 unspecified atom stereocenters. The summed E-state index contributed by atoms with van der Waals surface area (Å²) >= 11 is 10.2. The van der Waals surface area contributed by atoms with Crippen LogP contribution < -0.4 is 0 Å². The highest BCUT2D eigenvalue weighted by Gasteiger charge is 2.18. The van der Waals surface area contributed by atoms with Crippen molar-refractivity contribution in [2.45, 2.75) is 5.56 Å². The highest BCUT2D eigenvalue weighted by atomic mass is 35.5. The van der Waals surface area contributed by atoms with Gasteiger partial charge in [0.15, 0.2) is 5.56 Å². The van der Waals surface area contributed by atoms with Gasteiger partial charge < -0.3 is 9.79 Å². The lowest BCUT2D eigenvalue weighted by Crippen LogP contribution is -2.03. The average Bonchev–Trinajstić information content (AvgIpc) is 1.62. The van der Waals surface area contributed by atoms with Gasteiger partial charge in [-0.25, -0.2) is 4.57 Å². The monoisotopic (exact) mass is 266 g/mol. The summed E-state index contributed by atoms with van der Waals surface area (Å²) in [4.78, 5) is 16.1. The van der Waals surface area contributed by atoms with Crippen molar-refractivity contribution in [2.75, 3.05) is 5.88 Å². The maximum Gasteiger partial charge on any atom is 0.471 e. The van der Waals surface area contributed by atoms with Gasteiger partial charge >= 0.3 is 7.82 Å². The second kappa shape index (κ2) is 7.90. The van der Waals surface area contributed by atoms with Gasteiger partial charge in [-0.15, -0.1) is 36.4 Å². The summed E-state index contributed by atoms with van der Waals surface area (Å²) in [7, 11) is -4.45. The predicted molar refractivity (Wildman–Crippen MR) is 48.0 cm³/mol. The molecule has 0 aliphatic carbocycles. The molecule has 0 aromatic carbocycles. The average molecular weight is 268 g/mol. The van der Waals surface area contributed by atoms with Crippen LogP contribution in [0.4, 0.5) is 0 Å². The highest BCUT2D eigenvalue weighted by molar-refractivity contribution is 7.46. The molecule has 0 amide bonds. The van der Waals surface area contributed by atoms with Crippen molar-refractivity contribution < 1.29 is 18.9 Å². The molecule has 11 heavy (non-hydrogen) atoms. The van der Waals surface area contributed by atoms with Crippen molar-refractivity contribution in [3.8, 4) is 0 Å². The van der Waals surface area contributed by atoms with Crippen molar-refractivity contribution in [2.24, 2.45) is 0 Å². The normalized spacial score (nSPS) is 12.7. The van der Waals surface area contributed by atoms with Crippen molar-refractivity contribution >= 4 is 55.8 Å². The van der Waals surface area contributed by atoms with Crippen molar-refractivity contribution in [1.82, 2.24) is 0 Å². The first-order valence-corrected chi connectivity index (χ1v) is 4.40. The van der Waals surface area contributed by atoms with Gasteiger partial charge in [0.05, 0.1) is 5.88 Å². The largest absolute Gasteiger partial charge is 0.471 e. The minimum Gasteiger partial charge on any atom is -0.303 e. The zero-order chi connectivity index (χ0) is 7.49. The van der Waals surface area contributed by atoms with Crippen molar-refractivity contribution in [3.05, 3.63) is 0 Å². The number of phosphoric acid groups is 1. The SMILES string of the molecule is Cl.Cl.O=P(O)(O)OC(Cl)CCl. The molecule has 0 aliphatic rings. The van der Waals surface area contributed by atoms with Crippen LogP contribution in [0.2, 0.25) is 0 Å². The number of phosphoric ester groups is 1. The van der Waals surface area contributed by atoms with E-state index < -0.39 is 13.4 Å². The second-order valence-corrected chi connectivity index (χ2v) is 3.15. The Hall–Kier alpha value is 1.27. The number of hydrogen-bond donors (Lipinski definition) is 2. The molecule has 0 heterocycles. The molecule has 0 fully saturated rings. The first-order valence-electron chi connectivity index (χ1n) is 1.89. The zero-order valence-corrected chi connectivity index (χ0v) is 9.05. The van der Waals surface area contributed by atoms with Crippen LogP contribution in [0, 0.1) is 0 Å². The van der Waals surface area contributed by atoms with Crippen molar-refractivity contribution in [1.29, 1.82) is 0 Å². The third kappa shape index (κ3) is 14.2. The van der Waals surface area contributed by atoms with Crippen LogP contribution in [0.5, 0.6) is 0 Å². The van der Waals surface area contributed by atoms with Crippen LogP contribution in [0.3, 0.4) is 0 Å². The van der Waals surface area contributed by atoms with Crippen LogP contribution in [0.25, 0.3) is 0 Å². The molecular formula is C2H7Cl4O4P. The summed E-state index contributed by atoms with van der Waals surface area (Å²) in [5, 5.41) is 0. The molecule has 0 spiro atoms. The molecule has 0 aromatic rings. The van der Waals surface area contributed by atoms with Crippen LogP contribution in [-0.4, -0.2) is 21.2 Å². The van der Waals surface area contributed by atoms with Gasteiger partial charge in [0.25, 0.3) is 0 Å². The molecule has 0 saturated heterocycles. The van der Waals surface area contributed by atoms with Gasteiger partial charge in [0.1, 0.15) is 0 Å². The number of halogens is 4. The summed E-state index contributed by atoms with van der Waals surface area (Å²) in [6.07, 6.45) is 0. The summed E-state index contributed by atoms with van der Waals surface area (Å²) in [6, 6.07) is 0. The fraction of sp³-hybridized carbons (Fsp3) is 1.00. The van der Waals surface area contributed by atoms with E-state index in [0.717, 1.165) is 0 Å². The molecule has 72 valence electrons. The second-order valence-electron chi connectivity index (χ2n) is 1.16. The van der Waals surface area contributed by atoms with Gasteiger partial charge in [-0.3, -0.25) is 4.52 Å². The van der Waals surface area contributed by atoms with E-state index in [0.29, 0.717) is 0 Å². The van der Waals surface area contributed by atoms with E-state index in [4.69, 9.17) is 33.0 Å². The van der Waals surface area contributed by atoms with E-state index in [2.05, 4.69) is 4.52 Å². The first kappa shape index (κ1) is 18.1. The molecule has 4 nitrogen and oxygen atoms in total. The summed E-state index contributed by atoms with van der Waals surface area (Å²) < 4.78 is 13.8. The Kier molecular flexibility index (Phi) is 13.0. The topological polar surface area (TPSA) is 66.8 Å². The Morgan fingerprint density at radius 3 is 1.91 bits per heavy atom. The van der Waals surface area contributed by atoms with Crippen molar-refractivity contribution in [3.63, 3.8) is 0 Å². The standard InChI is InChI=1S/C2H5Cl2O4P.2ClH/c3-1-2(4)8-9(5,6)7;;/h2H,1H2,(H2,5,6,7);2*1H. The maximum atomic E-state index is 9.93. The van der Waals surface area contributed by atoms with Gasteiger partial charge in [-0.05, 0) is 0 Å². The van der Waals surface area contributed by atoms with E-state index in [1.807, 2.05) is 0 Å². The summed E-state index contributed by atoms with van der Waals surface area (Å²) in [5.41, 5.74) is -1.13. The van der Waals surface area contributed by atoms with Gasteiger partial charge in [0.2, 0.25) is 0 Å². The van der Waals surface area contributed by atoms with Gasteiger partial charge in [0, 0.05) is 0 Å². The zero-order valence-electron chi connectivity index (χ0n) is 5.02. The fourth-order valence-electron chi connectivity index (χ4n) is 0.177. The van der Waals surface area contributed by atoms with E-state index >= 15 is 0 Å². The quantitative estimate of drug-likeness (QED) is 0.604. The predicted octanol–water partition coefficient (Wildman–Crippen LogP) is 1.74. The molecule has 0 radical (unpaired) electrons. The number of rotatable bonds is 3. The Morgan fingerprint density at radius 1 is 1.45 bits per heavy atom. The Balaban J connectivity index is -0.000000320. The van der Waals surface area contributed by atoms with Crippen LogP contribution in [0.15, 0.2) is 0 Å². The first-order chi connectivity index (χ1) is 3.95. The van der Waals surface area contributed by atoms with Gasteiger partial charge in [-0.2, -0.15) is 0 Å². The molecular weight excluding hydrogens is 261 g/mol. The van der Waals surface area contributed by atoms with Gasteiger partial charge in [-0.1, -0.05) is 11.6 Å². The minimum absolute atomic E-state index is 0. The lowest BCUT2D eigenvalue weighted by atomic mass is 10.9. The molecule has 1 atom stereocenters. The molecule has 0 rings (SSSR count). The van der Waals surface area contributed by atoms with E-state index in [-0.39, 0.29) is 30.7 Å². The Morgan fingerprint density at radius 2 is 1.82 bits per heavy atom. The summed E-state index contributed by atoms with van der Waals surface area (Å²) in [5.74, 6) is -0.160. The van der Waals surface area contributed by atoms with Crippen LogP contribution in [0.1, 0.15) is 0 Å². The number of alkyl halides is 2. The molecule has 9 heteroatoms. The molecule has 0 bridgehead atoms. The maximum absolute atomic E-state index is 9.93.